The summed E-state index contributed by atoms with van der Waals surface area (Å²) < 4.78 is 11.8. The van der Waals surface area contributed by atoms with Gasteiger partial charge in [0.2, 0.25) is 5.91 Å². The second-order valence-electron chi connectivity index (χ2n) is 8.62. The highest BCUT2D eigenvalue weighted by molar-refractivity contribution is 6.30. The quantitative estimate of drug-likeness (QED) is 0.534. The second-order valence-corrected chi connectivity index (χ2v) is 9.05. The molecule has 4 nitrogen and oxygen atoms in total. The van der Waals surface area contributed by atoms with E-state index in [1.165, 1.54) is 6.42 Å². The fourth-order valence-electron chi connectivity index (χ4n) is 4.89. The zero-order valence-corrected chi connectivity index (χ0v) is 18.4. The average Bonchev–Trinajstić information content (AvgIpc) is 2.76. The van der Waals surface area contributed by atoms with Gasteiger partial charge in [-0.3, -0.25) is 4.79 Å². The molecule has 160 valence electrons. The lowest BCUT2D eigenvalue weighted by Crippen LogP contribution is -2.49. The largest absolute Gasteiger partial charge is 0.496 e. The number of hydrogen-bond donors (Lipinski definition) is 1. The Morgan fingerprint density at radius 3 is 2.71 bits per heavy atom. The molecule has 1 spiro atoms. The minimum atomic E-state index is -0.134. The Labute approximate surface area is 187 Å². The topological polar surface area (TPSA) is 47.6 Å². The average molecular weight is 436 g/mol. The second kappa shape index (κ2) is 8.08. The number of fused-ring (bicyclic) bond motifs is 2. The highest BCUT2D eigenvalue weighted by atomic mass is 35.5. The number of rotatable bonds is 5. The van der Waals surface area contributed by atoms with Crippen LogP contribution in [0.5, 0.6) is 11.5 Å². The lowest BCUT2D eigenvalue weighted by molar-refractivity contribution is -0.123. The number of benzene rings is 3. The van der Waals surface area contributed by atoms with Gasteiger partial charge in [-0.2, -0.15) is 0 Å². The van der Waals surface area contributed by atoms with Crippen LogP contribution in [-0.2, 0) is 11.2 Å². The van der Waals surface area contributed by atoms with Crippen molar-refractivity contribution in [1.82, 2.24) is 5.32 Å². The van der Waals surface area contributed by atoms with Gasteiger partial charge in [0.1, 0.15) is 17.1 Å². The lowest BCUT2D eigenvalue weighted by Gasteiger charge is -2.48. The third kappa shape index (κ3) is 3.85. The van der Waals surface area contributed by atoms with Crippen LogP contribution in [0, 0.1) is 0 Å². The van der Waals surface area contributed by atoms with Gasteiger partial charge in [0.05, 0.1) is 13.2 Å². The SMILES string of the molecule is COc1ccc(CCC(=O)N[C@@H]2CC3(CCC3)Oc3ccc(Cl)cc32)c2ccccc12. The number of carbonyl (C=O) groups excluding carboxylic acids is 1. The number of aryl methyl sites for hydroxylation is 1. The first kappa shape index (κ1) is 20.2. The molecule has 3 aromatic carbocycles. The number of halogens is 1. The maximum atomic E-state index is 12.9. The highest BCUT2D eigenvalue weighted by Crippen LogP contribution is 2.49. The summed E-state index contributed by atoms with van der Waals surface area (Å²) in [5, 5.41) is 6.13. The van der Waals surface area contributed by atoms with Crippen molar-refractivity contribution in [3.05, 3.63) is 70.7 Å². The summed E-state index contributed by atoms with van der Waals surface area (Å²) in [6, 6.07) is 17.8. The molecule has 5 heteroatoms. The van der Waals surface area contributed by atoms with E-state index in [-0.39, 0.29) is 17.6 Å². The Bertz CT molecular complexity index is 1140. The van der Waals surface area contributed by atoms with Crippen LogP contribution in [-0.4, -0.2) is 18.6 Å². The van der Waals surface area contributed by atoms with Crippen molar-refractivity contribution in [2.45, 2.75) is 50.2 Å². The molecule has 1 amide bonds. The van der Waals surface area contributed by atoms with Gasteiger partial charge in [-0.25, -0.2) is 0 Å². The van der Waals surface area contributed by atoms with Crippen LogP contribution in [0.25, 0.3) is 10.8 Å². The van der Waals surface area contributed by atoms with Gasteiger partial charge < -0.3 is 14.8 Å². The van der Waals surface area contributed by atoms with Gasteiger partial charge in [0.25, 0.3) is 0 Å². The van der Waals surface area contributed by atoms with E-state index in [4.69, 9.17) is 21.1 Å². The van der Waals surface area contributed by atoms with Gasteiger partial charge in [-0.05, 0) is 60.9 Å². The Balaban J connectivity index is 1.32. The molecule has 0 saturated heterocycles. The summed E-state index contributed by atoms with van der Waals surface area (Å²) in [5.41, 5.74) is 2.00. The number of amides is 1. The number of methoxy groups -OCH3 is 1. The van der Waals surface area contributed by atoms with E-state index in [0.717, 1.165) is 52.7 Å². The Kier molecular flexibility index (Phi) is 5.27. The van der Waals surface area contributed by atoms with Crippen molar-refractivity contribution in [3.63, 3.8) is 0 Å². The zero-order chi connectivity index (χ0) is 21.4. The van der Waals surface area contributed by atoms with Crippen molar-refractivity contribution in [2.75, 3.05) is 7.11 Å². The molecule has 5 rings (SSSR count). The number of hydrogen-bond acceptors (Lipinski definition) is 3. The Morgan fingerprint density at radius 1 is 1.16 bits per heavy atom. The van der Waals surface area contributed by atoms with Crippen LogP contribution < -0.4 is 14.8 Å². The normalized spacial score (nSPS) is 18.7. The van der Waals surface area contributed by atoms with Crippen LogP contribution in [0.1, 0.15) is 49.3 Å². The van der Waals surface area contributed by atoms with E-state index in [1.54, 1.807) is 7.11 Å². The van der Waals surface area contributed by atoms with E-state index >= 15 is 0 Å². The molecule has 1 fully saturated rings. The lowest BCUT2D eigenvalue weighted by atomic mass is 9.73. The van der Waals surface area contributed by atoms with E-state index < -0.39 is 0 Å². The molecule has 31 heavy (non-hydrogen) atoms. The summed E-state index contributed by atoms with van der Waals surface area (Å²) in [7, 11) is 1.68. The summed E-state index contributed by atoms with van der Waals surface area (Å²) in [5.74, 6) is 1.75. The number of ether oxygens (including phenoxy) is 2. The maximum Gasteiger partial charge on any atom is 0.220 e. The van der Waals surface area contributed by atoms with Crippen LogP contribution in [0.4, 0.5) is 0 Å². The van der Waals surface area contributed by atoms with Gasteiger partial charge in [-0.1, -0.05) is 41.9 Å². The van der Waals surface area contributed by atoms with Crippen molar-refractivity contribution in [3.8, 4) is 11.5 Å². The van der Waals surface area contributed by atoms with Crippen molar-refractivity contribution < 1.29 is 14.3 Å². The molecule has 1 saturated carbocycles. The molecule has 3 aromatic rings. The molecule has 1 heterocycles. The molecule has 1 N–H and O–H groups in total. The van der Waals surface area contributed by atoms with E-state index in [9.17, 15) is 4.79 Å². The predicted octanol–water partition coefficient (Wildman–Crippen LogP) is 6.00. The third-order valence-electron chi connectivity index (χ3n) is 6.67. The number of nitrogens with one attached hydrogen (secondary N) is 1. The number of carbonyl (C=O) groups is 1. The molecular weight excluding hydrogens is 410 g/mol. The van der Waals surface area contributed by atoms with Crippen LogP contribution in [0.3, 0.4) is 0 Å². The van der Waals surface area contributed by atoms with Gasteiger partial charge in [0.15, 0.2) is 0 Å². The van der Waals surface area contributed by atoms with E-state index in [2.05, 4.69) is 23.5 Å². The summed E-state index contributed by atoms with van der Waals surface area (Å²) in [6.45, 7) is 0. The van der Waals surface area contributed by atoms with E-state index in [0.29, 0.717) is 17.9 Å². The Hall–Kier alpha value is -2.72. The smallest absolute Gasteiger partial charge is 0.220 e. The molecule has 1 aliphatic heterocycles. The molecule has 0 aromatic heterocycles. The summed E-state index contributed by atoms with van der Waals surface area (Å²) in [4.78, 5) is 12.9. The first-order valence-corrected chi connectivity index (χ1v) is 11.3. The van der Waals surface area contributed by atoms with E-state index in [1.807, 2.05) is 36.4 Å². The van der Waals surface area contributed by atoms with Crippen molar-refractivity contribution in [1.29, 1.82) is 0 Å². The standard InChI is InChI=1S/C26H26ClNO3/c1-30-23-10-7-17(19-5-2-3-6-20(19)23)8-12-25(29)28-22-16-26(13-4-14-26)31-24-11-9-18(27)15-21(22)24/h2-3,5-7,9-11,15,22H,4,8,12-14,16H2,1H3,(H,28,29)/t22-/m1/s1. The monoisotopic (exact) mass is 435 g/mol. The predicted molar refractivity (Wildman–Crippen MR) is 123 cm³/mol. The Morgan fingerprint density at radius 2 is 1.97 bits per heavy atom. The molecule has 2 aliphatic rings. The minimum absolute atomic E-state index is 0.0483. The third-order valence-corrected chi connectivity index (χ3v) is 6.90. The zero-order valence-electron chi connectivity index (χ0n) is 17.6. The molecule has 0 bridgehead atoms. The first-order chi connectivity index (χ1) is 15.1. The molecular formula is C26H26ClNO3. The van der Waals surface area contributed by atoms with Crippen LogP contribution >= 0.6 is 11.6 Å². The molecule has 1 aliphatic carbocycles. The molecule has 0 unspecified atom stereocenters. The van der Waals surface area contributed by atoms with Gasteiger partial charge >= 0.3 is 0 Å². The summed E-state index contributed by atoms with van der Waals surface area (Å²) >= 11 is 6.24. The van der Waals surface area contributed by atoms with Crippen molar-refractivity contribution >= 4 is 28.3 Å². The highest BCUT2D eigenvalue weighted by Gasteiger charge is 2.45. The van der Waals surface area contributed by atoms with Crippen LogP contribution in [0.2, 0.25) is 5.02 Å². The fourth-order valence-corrected chi connectivity index (χ4v) is 5.07. The van der Waals surface area contributed by atoms with Crippen molar-refractivity contribution in [2.24, 2.45) is 0 Å². The molecule has 0 radical (unpaired) electrons. The summed E-state index contributed by atoms with van der Waals surface area (Å²) in [6.07, 6.45) is 5.16. The first-order valence-electron chi connectivity index (χ1n) is 10.9. The fraction of sp³-hybridized carbons (Fsp3) is 0.346. The molecule has 1 atom stereocenters. The maximum absolute atomic E-state index is 12.9. The van der Waals surface area contributed by atoms with Gasteiger partial charge in [0, 0.05) is 28.8 Å². The minimum Gasteiger partial charge on any atom is -0.496 e. The van der Waals surface area contributed by atoms with Crippen LogP contribution in [0.15, 0.2) is 54.6 Å². The van der Waals surface area contributed by atoms with Gasteiger partial charge in [-0.15, -0.1) is 0 Å².